The number of ether oxygens (including phenoxy) is 2. The molecule has 0 aromatic rings. The molecule has 3 nitrogen and oxygen atoms in total. The zero-order chi connectivity index (χ0) is 7.78. The van der Waals surface area contributed by atoms with Gasteiger partial charge in [-0.2, -0.15) is 0 Å². The molecule has 2 atom stereocenters. The highest BCUT2D eigenvalue weighted by Crippen LogP contribution is 2.27. The summed E-state index contributed by atoms with van der Waals surface area (Å²) in [5.74, 6) is -0.521. The van der Waals surface area contributed by atoms with E-state index in [-0.39, 0.29) is 18.8 Å². The van der Waals surface area contributed by atoms with Crippen LogP contribution in [0.4, 0.5) is 0 Å². The molecule has 1 rings (SSSR count). The Balaban J connectivity index is 2.52. The minimum atomic E-state index is -0.521. The molecule has 1 unspecified atom stereocenters. The van der Waals surface area contributed by atoms with E-state index in [1.54, 1.807) is 0 Å². The summed E-state index contributed by atoms with van der Waals surface area (Å²) in [6.07, 6.45) is -0.157. The van der Waals surface area contributed by atoms with Gasteiger partial charge in [0.15, 0.2) is 5.79 Å². The fourth-order valence-corrected chi connectivity index (χ4v) is 1.20. The van der Waals surface area contributed by atoms with Crippen molar-refractivity contribution in [3.63, 3.8) is 0 Å². The Hall–Kier alpha value is -0.120. The van der Waals surface area contributed by atoms with Gasteiger partial charge in [-0.15, -0.1) is 0 Å². The lowest BCUT2D eigenvalue weighted by molar-refractivity contribution is -0.147. The van der Waals surface area contributed by atoms with Crippen LogP contribution in [0.1, 0.15) is 20.8 Å². The maximum absolute atomic E-state index is 8.76. The second-order valence-corrected chi connectivity index (χ2v) is 3.06. The van der Waals surface area contributed by atoms with Gasteiger partial charge in [-0.05, 0) is 20.8 Å². The van der Waals surface area contributed by atoms with Crippen LogP contribution in [0.15, 0.2) is 0 Å². The van der Waals surface area contributed by atoms with E-state index >= 15 is 0 Å². The van der Waals surface area contributed by atoms with Crippen LogP contribution >= 0.6 is 0 Å². The molecule has 1 aliphatic rings. The molecule has 1 saturated heterocycles. The van der Waals surface area contributed by atoms with Gasteiger partial charge in [-0.25, -0.2) is 0 Å². The van der Waals surface area contributed by atoms with Crippen molar-refractivity contribution in [3.8, 4) is 0 Å². The summed E-state index contributed by atoms with van der Waals surface area (Å²) in [7, 11) is 0. The van der Waals surface area contributed by atoms with Crippen LogP contribution in [0.25, 0.3) is 0 Å². The number of aliphatic hydroxyl groups excluding tert-OH is 1. The predicted molar refractivity (Wildman–Crippen MR) is 36.6 cm³/mol. The number of hydrogen-bond acceptors (Lipinski definition) is 3. The van der Waals surface area contributed by atoms with Crippen LogP contribution in [0, 0.1) is 0 Å². The summed E-state index contributed by atoms with van der Waals surface area (Å²) in [5.41, 5.74) is 0. The molecular formula is C7H14O3. The maximum atomic E-state index is 8.76. The van der Waals surface area contributed by atoms with Crippen molar-refractivity contribution in [2.75, 3.05) is 6.61 Å². The Labute approximate surface area is 60.9 Å². The highest BCUT2D eigenvalue weighted by molar-refractivity contribution is 4.76. The first kappa shape index (κ1) is 7.98. The third-order valence-electron chi connectivity index (χ3n) is 1.61. The number of rotatable bonds is 1. The minimum absolute atomic E-state index is 0.000000000000000222. The maximum Gasteiger partial charge on any atom is 0.163 e. The molecule has 0 radical (unpaired) electrons. The van der Waals surface area contributed by atoms with E-state index in [0.717, 1.165) is 0 Å². The van der Waals surface area contributed by atoms with Crippen molar-refractivity contribution in [3.05, 3.63) is 0 Å². The summed E-state index contributed by atoms with van der Waals surface area (Å²) in [5, 5.41) is 8.76. The fourth-order valence-electron chi connectivity index (χ4n) is 1.20. The SMILES string of the molecule is C[C@H]1OC(C)(C)OC1CO. The summed E-state index contributed by atoms with van der Waals surface area (Å²) in [6, 6.07) is 0. The Bertz CT molecular complexity index is 122. The lowest BCUT2D eigenvalue weighted by Gasteiger charge is -2.15. The molecule has 1 aliphatic heterocycles. The first-order chi connectivity index (χ1) is 4.55. The highest BCUT2D eigenvalue weighted by Gasteiger charge is 2.37. The van der Waals surface area contributed by atoms with Crippen LogP contribution in [-0.2, 0) is 9.47 Å². The monoisotopic (exact) mass is 146 g/mol. The van der Waals surface area contributed by atoms with Crippen molar-refractivity contribution < 1.29 is 14.6 Å². The average molecular weight is 146 g/mol. The molecule has 10 heavy (non-hydrogen) atoms. The normalized spacial score (nSPS) is 38.4. The molecule has 0 saturated carbocycles. The second-order valence-electron chi connectivity index (χ2n) is 3.06. The molecule has 0 aromatic carbocycles. The topological polar surface area (TPSA) is 38.7 Å². The van der Waals surface area contributed by atoms with Gasteiger partial charge in [0.25, 0.3) is 0 Å². The largest absolute Gasteiger partial charge is 0.394 e. The van der Waals surface area contributed by atoms with Gasteiger partial charge in [0, 0.05) is 0 Å². The fraction of sp³-hybridized carbons (Fsp3) is 1.00. The molecule has 0 amide bonds. The standard InChI is InChI=1S/C7H14O3/c1-5-6(4-8)10-7(2,3)9-5/h5-6,8H,4H2,1-3H3/t5-,6?/m1/s1. The molecule has 1 heterocycles. The Morgan fingerprint density at radius 3 is 2.20 bits per heavy atom. The smallest absolute Gasteiger partial charge is 0.163 e. The van der Waals surface area contributed by atoms with E-state index in [1.165, 1.54) is 0 Å². The molecule has 0 aliphatic carbocycles. The zero-order valence-corrected chi connectivity index (χ0v) is 6.63. The van der Waals surface area contributed by atoms with Crippen LogP contribution in [-0.4, -0.2) is 29.7 Å². The van der Waals surface area contributed by atoms with E-state index in [1.807, 2.05) is 20.8 Å². The highest BCUT2D eigenvalue weighted by atomic mass is 16.8. The number of hydrogen-bond donors (Lipinski definition) is 1. The van der Waals surface area contributed by atoms with Crippen molar-refractivity contribution in [2.24, 2.45) is 0 Å². The van der Waals surface area contributed by atoms with Crippen molar-refractivity contribution in [2.45, 2.75) is 38.8 Å². The van der Waals surface area contributed by atoms with Gasteiger partial charge in [0.2, 0.25) is 0 Å². The van der Waals surface area contributed by atoms with E-state index in [0.29, 0.717) is 0 Å². The predicted octanol–water partition coefficient (Wildman–Crippen LogP) is 0.519. The molecule has 1 N–H and O–H groups in total. The van der Waals surface area contributed by atoms with Crippen LogP contribution in [0.2, 0.25) is 0 Å². The first-order valence-electron chi connectivity index (χ1n) is 3.51. The van der Waals surface area contributed by atoms with Crippen molar-refractivity contribution >= 4 is 0 Å². The van der Waals surface area contributed by atoms with Crippen LogP contribution in [0.3, 0.4) is 0 Å². The van der Waals surface area contributed by atoms with Gasteiger partial charge in [0.1, 0.15) is 6.10 Å². The van der Waals surface area contributed by atoms with Gasteiger partial charge in [0.05, 0.1) is 12.7 Å². The van der Waals surface area contributed by atoms with E-state index in [2.05, 4.69) is 0 Å². The third kappa shape index (κ3) is 1.48. The van der Waals surface area contributed by atoms with Crippen molar-refractivity contribution in [1.82, 2.24) is 0 Å². The average Bonchev–Trinajstić information content (AvgIpc) is 2.05. The first-order valence-corrected chi connectivity index (χ1v) is 3.51. The lowest BCUT2D eigenvalue weighted by atomic mass is 10.2. The second kappa shape index (κ2) is 2.49. The zero-order valence-electron chi connectivity index (χ0n) is 6.63. The van der Waals surface area contributed by atoms with E-state index in [9.17, 15) is 0 Å². The lowest BCUT2D eigenvalue weighted by Crippen LogP contribution is -2.24. The quantitative estimate of drug-likeness (QED) is 0.586. The minimum Gasteiger partial charge on any atom is -0.394 e. The molecule has 0 spiro atoms. The molecule has 1 fully saturated rings. The molecule has 3 heteroatoms. The van der Waals surface area contributed by atoms with E-state index < -0.39 is 5.79 Å². The summed E-state index contributed by atoms with van der Waals surface area (Å²) in [4.78, 5) is 0. The molecular weight excluding hydrogens is 132 g/mol. The van der Waals surface area contributed by atoms with Gasteiger partial charge in [-0.1, -0.05) is 0 Å². The van der Waals surface area contributed by atoms with Gasteiger partial charge >= 0.3 is 0 Å². The van der Waals surface area contributed by atoms with Gasteiger partial charge < -0.3 is 14.6 Å². The van der Waals surface area contributed by atoms with Gasteiger partial charge in [-0.3, -0.25) is 0 Å². The Morgan fingerprint density at radius 2 is 2.00 bits per heavy atom. The molecule has 60 valence electrons. The summed E-state index contributed by atoms with van der Waals surface area (Å²) < 4.78 is 10.7. The molecule has 0 bridgehead atoms. The number of aliphatic hydroxyl groups is 1. The summed E-state index contributed by atoms with van der Waals surface area (Å²) in [6.45, 7) is 5.62. The molecule has 0 aromatic heterocycles. The van der Waals surface area contributed by atoms with Crippen LogP contribution in [0.5, 0.6) is 0 Å². The third-order valence-corrected chi connectivity index (χ3v) is 1.61. The van der Waals surface area contributed by atoms with E-state index in [4.69, 9.17) is 14.6 Å². The Kier molecular flexibility index (Phi) is 1.99. The van der Waals surface area contributed by atoms with Crippen LogP contribution < -0.4 is 0 Å². The summed E-state index contributed by atoms with van der Waals surface area (Å²) >= 11 is 0. The van der Waals surface area contributed by atoms with Crippen molar-refractivity contribution in [1.29, 1.82) is 0 Å². The Morgan fingerprint density at radius 1 is 1.40 bits per heavy atom.